The lowest BCUT2D eigenvalue weighted by Crippen LogP contribution is -2.14. The second kappa shape index (κ2) is 10.6. The van der Waals surface area contributed by atoms with Crippen LogP contribution in [-0.4, -0.2) is 37.9 Å². The zero-order valence-corrected chi connectivity index (χ0v) is 15.1. The van der Waals surface area contributed by atoms with Crippen molar-refractivity contribution in [1.29, 1.82) is 0 Å². The summed E-state index contributed by atoms with van der Waals surface area (Å²) in [6.07, 6.45) is 3.69. The molecular formula is C21H27FN2O. The molecule has 2 aromatic rings. The van der Waals surface area contributed by atoms with E-state index >= 15 is 0 Å². The quantitative estimate of drug-likeness (QED) is 0.360. The summed E-state index contributed by atoms with van der Waals surface area (Å²) in [7, 11) is 4.08. The van der Waals surface area contributed by atoms with Crippen molar-refractivity contribution >= 4 is 5.71 Å². The first-order valence-electron chi connectivity index (χ1n) is 8.78. The summed E-state index contributed by atoms with van der Waals surface area (Å²) in [6.45, 7) is 1.55. The van der Waals surface area contributed by atoms with Gasteiger partial charge in [-0.25, -0.2) is 4.39 Å². The second-order valence-electron chi connectivity index (χ2n) is 6.37. The highest BCUT2D eigenvalue weighted by Gasteiger charge is 2.06. The Labute approximate surface area is 150 Å². The molecule has 0 N–H and O–H groups in total. The molecule has 3 nitrogen and oxygen atoms in total. The van der Waals surface area contributed by atoms with Crippen molar-refractivity contribution in [2.45, 2.75) is 25.7 Å². The van der Waals surface area contributed by atoms with Crippen LogP contribution in [0.15, 0.2) is 59.8 Å². The van der Waals surface area contributed by atoms with E-state index in [9.17, 15) is 4.39 Å². The van der Waals surface area contributed by atoms with Gasteiger partial charge in [-0.15, -0.1) is 0 Å². The largest absolute Gasteiger partial charge is 0.396 e. The Morgan fingerprint density at radius 1 is 1.00 bits per heavy atom. The van der Waals surface area contributed by atoms with Crippen molar-refractivity contribution in [3.63, 3.8) is 0 Å². The van der Waals surface area contributed by atoms with Crippen molar-refractivity contribution in [3.05, 3.63) is 71.5 Å². The molecule has 0 aliphatic carbocycles. The van der Waals surface area contributed by atoms with E-state index < -0.39 is 0 Å². The summed E-state index contributed by atoms with van der Waals surface area (Å²) in [5.74, 6) is -0.237. The van der Waals surface area contributed by atoms with Crippen LogP contribution in [0.1, 0.15) is 30.4 Å². The Bertz CT molecular complexity index is 639. The minimum atomic E-state index is -0.237. The molecule has 0 unspecified atom stereocenters. The van der Waals surface area contributed by atoms with Crippen LogP contribution >= 0.6 is 0 Å². The lowest BCUT2D eigenvalue weighted by Gasteiger charge is -2.10. The van der Waals surface area contributed by atoms with Gasteiger partial charge in [0.15, 0.2) is 0 Å². The van der Waals surface area contributed by atoms with Crippen molar-refractivity contribution in [3.8, 4) is 0 Å². The van der Waals surface area contributed by atoms with Crippen LogP contribution in [0.3, 0.4) is 0 Å². The molecule has 2 aromatic carbocycles. The van der Waals surface area contributed by atoms with Crippen LogP contribution in [-0.2, 0) is 11.3 Å². The number of aryl methyl sites for hydroxylation is 1. The summed E-state index contributed by atoms with van der Waals surface area (Å²) in [4.78, 5) is 7.62. The number of benzene rings is 2. The van der Waals surface area contributed by atoms with E-state index in [0.29, 0.717) is 6.61 Å². The number of oxime groups is 1. The van der Waals surface area contributed by atoms with Gasteiger partial charge >= 0.3 is 0 Å². The number of halogens is 1. The monoisotopic (exact) mass is 342 g/mol. The van der Waals surface area contributed by atoms with Crippen molar-refractivity contribution in [2.75, 3.05) is 27.2 Å². The summed E-state index contributed by atoms with van der Waals surface area (Å²) in [6, 6.07) is 16.9. The zero-order valence-electron chi connectivity index (χ0n) is 15.1. The zero-order chi connectivity index (χ0) is 17.9. The standard InChI is InChI=1S/C21H27FN2O/c1-24(2)16-7-17-25-23-21(19-12-14-20(22)15-13-19)11-6-10-18-8-4-3-5-9-18/h3-5,8-9,12-15H,6-7,10-11,16-17H2,1-2H3/b23-21+. The van der Waals surface area contributed by atoms with Crippen LogP contribution in [0.5, 0.6) is 0 Å². The highest BCUT2D eigenvalue weighted by atomic mass is 19.1. The molecule has 0 amide bonds. The minimum absolute atomic E-state index is 0.237. The van der Waals surface area contributed by atoms with E-state index in [1.807, 2.05) is 20.2 Å². The van der Waals surface area contributed by atoms with Gasteiger partial charge in [-0.05, 0) is 63.0 Å². The highest BCUT2D eigenvalue weighted by molar-refractivity contribution is 6.00. The maximum Gasteiger partial charge on any atom is 0.123 e. The Morgan fingerprint density at radius 2 is 1.72 bits per heavy atom. The molecular weight excluding hydrogens is 315 g/mol. The predicted molar refractivity (Wildman–Crippen MR) is 101 cm³/mol. The van der Waals surface area contributed by atoms with Crippen molar-refractivity contribution < 1.29 is 9.23 Å². The van der Waals surface area contributed by atoms with Crippen LogP contribution in [0.4, 0.5) is 4.39 Å². The maximum atomic E-state index is 13.2. The highest BCUT2D eigenvalue weighted by Crippen LogP contribution is 2.12. The van der Waals surface area contributed by atoms with Gasteiger partial charge in [0.2, 0.25) is 0 Å². The van der Waals surface area contributed by atoms with E-state index in [1.165, 1.54) is 17.7 Å². The first-order chi connectivity index (χ1) is 12.1. The van der Waals surface area contributed by atoms with E-state index in [-0.39, 0.29) is 5.82 Å². The summed E-state index contributed by atoms with van der Waals surface area (Å²) in [5.41, 5.74) is 3.11. The molecule has 0 atom stereocenters. The molecule has 0 aliphatic rings. The molecule has 0 saturated heterocycles. The lowest BCUT2D eigenvalue weighted by atomic mass is 10.0. The van der Waals surface area contributed by atoms with E-state index in [2.05, 4.69) is 34.3 Å². The molecule has 2 rings (SSSR count). The van der Waals surface area contributed by atoms with E-state index in [4.69, 9.17) is 4.84 Å². The van der Waals surface area contributed by atoms with Gasteiger partial charge in [0.1, 0.15) is 12.4 Å². The fourth-order valence-corrected chi connectivity index (χ4v) is 2.56. The number of rotatable bonds is 10. The molecule has 0 aromatic heterocycles. The second-order valence-corrected chi connectivity index (χ2v) is 6.37. The van der Waals surface area contributed by atoms with Gasteiger partial charge in [0.25, 0.3) is 0 Å². The molecule has 25 heavy (non-hydrogen) atoms. The third-order valence-corrected chi connectivity index (χ3v) is 3.91. The van der Waals surface area contributed by atoms with E-state index in [1.54, 1.807) is 12.1 Å². The number of nitrogens with zero attached hydrogens (tertiary/aromatic N) is 2. The van der Waals surface area contributed by atoms with Crippen molar-refractivity contribution in [2.24, 2.45) is 5.16 Å². The lowest BCUT2D eigenvalue weighted by molar-refractivity contribution is 0.134. The third-order valence-electron chi connectivity index (χ3n) is 3.91. The van der Waals surface area contributed by atoms with Gasteiger partial charge in [-0.3, -0.25) is 0 Å². The van der Waals surface area contributed by atoms with Gasteiger partial charge in [0.05, 0.1) is 5.71 Å². The molecule has 0 bridgehead atoms. The molecule has 0 spiro atoms. The number of hydrogen-bond donors (Lipinski definition) is 0. The fraction of sp³-hybridized carbons (Fsp3) is 0.381. The third kappa shape index (κ3) is 7.48. The molecule has 0 saturated carbocycles. The van der Waals surface area contributed by atoms with Crippen LogP contribution in [0.25, 0.3) is 0 Å². The Balaban J connectivity index is 1.92. The van der Waals surface area contributed by atoms with Gasteiger partial charge in [-0.2, -0.15) is 0 Å². The summed E-state index contributed by atoms with van der Waals surface area (Å²) in [5, 5.41) is 4.33. The number of hydrogen-bond acceptors (Lipinski definition) is 3. The Hall–Kier alpha value is -2.20. The van der Waals surface area contributed by atoms with Crippen LogP contribution in [0.2, 0.25) is 0 Å². The first-order valence-corrected chi connectivity index (χ1v) is 8.78. The maximum absolute atomic E-state index is 13.2. The normalized spacial score (nSPS) is 11.8. The van der Waals surface area contributed by atoms with E-state index in [0.717, 1.165) is 43.5 Å². The van der Waals surface area contributed by atoms with Crippen LogP contribution < -0.4 is 0 Å². The van der Waals surface area contributed by atoms with Gasteiger partial charge in [-0.1, -0.05) is 47.6 Å². The predicted octanol–water partition coefficient (Wildman–Crippen LogP) is 4.52. The SMILES string of the molecule is CN(C)CCCO/N=C(\CCCc1ccccc1)c1ccc(F)cc1. The fourth-order valence-electron chi connectivity index (χ4n) is 2.56. The first kappa shape index (κ1) is 19.1. The smallest absolute Gasteiger partial charge is 0.123 e. The molecule has 0 radical (unpaired) electrons. The van der Waals surface area contributed by atoms with Gasteiger partial charge < -0.3 is 9.74 Å². The molecule has 4 heteroatoms. The average molecular weight is 342 g/mol. The molecule has 134 valence electrons. The average Bonchev–Trinajstić information content (AvgIpc) is 2.61. The van der Waals surface area contributed by atoms with Gasteiger partial charge in [0, 0.05) is 6.54 Å². The Kier molecular flexibility index (Phi) is 8.13. The summed E-state index contributed by atoms with van der Waals surface area (Å²) < 4.78 is 13.2. The Morgan fingerprint density at radius 3 is 2.40 bits per heavy atom. The molecule has 0 heterocycles. The van der Waals surface area contributed by atoms with Crippen molar-refractivity contribution in [1.82, 2.24) is 4.90 Å². The molecule has 0 aliphatic heterocycles. The minimum Gasteiger partial charge on any atom is -0.396 e. The summed E-state index contributed by atoms with van der Waals surface area (Å²) >= 11 is 0. The van der Waals surface area contributed by atoms with Crippen LogP contribution in [0, 0.1) is 5.82 Å². The topological polar surface area (TPSA) is 24.8 Å². The molecule has 0 fully saturated rings.